The fraction of sp³-hybridized carbons (Fsp3) is 0.600. The molecule has 1 aromatic rings. The van der Waals surface area contributed by atoms with E-state index >= 15 is 0 Å². The number of nitrogens with one attached hydrogen (secondary N) is 1. The van der Waals surface area contributed by atoms with E-state index in [1.807, 2.05) is 19.9 Å². The minimum atomic E-state index is 0.413. The molecule has 0 spiro atoms. The second kappa shape index (κ2) is 6.50. The van der Waals surface area contributed by atoms with E-state index in [9.17, 15) is 0 Å². The maximum absolute atomic E-state index is 5.84. The van der Waals surface area contributed by atoms with Gasteiger partial charge in [0.05, 0.1) is 5.56 Å². The van der Waals surface area contributed by atoms with E-state index in [1.54, 1.807) is 0 Å². The average Bonchev–Trinajstić information content (AvgIpc) is 2.82. The Morgan fingerprint density at radius 3 is 2.95 bits per heavy atom. The molecule has 4 nitrogen and oxygen atoms in total. The number of nitrogens with zero attached hydrogens (tertiary/aromatic N) is 2. The monoisotopic (exact) mass is 292 g/mol. The van der Waals surface area contributed by atoms with Crippen molar-refractivity contribution in [3.05, 3.63) is 23.0 Å². The summed E-state index contributed by atoms with van der Waals surface area (Å²) < 4.78 is 0. The quantitative estimate of drug-likeness (QED) is 0.815. The Hall–Kier alpha value is -1.20. The molecule has 20 heavy (non-hydrogen) atoms. The molecule has 2 rings (SSSR count). The van der Waals surface area contributed by atoms with Crippen LogP contribution in [0.4, 0.5) is 5.69 Å². The third-order valence-electron chi connectivity index (χ3n) is 4.01. The van der Waals surface area contributed by atoms with E-state index in [2.05, 4.69) is 22.1 Å². The van der Waals surface area contributed by atoms with E-state index in [1.165, 1.54) is 19.4 Å². The number of likely N-dealkylation sites (tertiary alicyclic amines) is 1. The van der Waals surface area contributed by atoms with Crippen molar-refractivity contribution in [2.45, 2.75) is 39.7 Å². The number of aromatic nitrogens is 1. The van der Waals surface area contributed by atoms with Crippen molar-refractivity contribution in [3.63, 3.8) is 0 Å². The van der Waals surface area contributed by atoms with Gasteiger partial charge < -0.3 is 11.1 Å². The van der Waals surface area contributed by atoms with Crippen LogP contribution in [0.5, 0.6) is 0 Å². The van der Waals surface area contributed by atoms with E-state index in [-0.39, 0.29) is 0 Å². The molecule has 2 heterocycles. The summed E-state index contributed by atoms with van der Waals surface area (Å²) in [5.41, 5.74) is 9.64. The van der Waals surface area contributed by atoms with Crippen molar-refractivity contribution in [2.75, 3.05) is 25.0 Å². The Balaban J connectivity index is 2.14. The van der Waals surface area contributed by atoms with E-state index in [0.717, 1.165) is 35.7 Å². The van der Waals surface area contributed by atoms with Crippen molar-refractivity contribution >= 4 is 22.9 Å². The van der Waals surface area contributed by atoms with Gasteiger partial charge in [-0.05, 0) is 45.8 Å². The van der Waals surface area contributed by atoms with Crippen molar-refractivity contribution in [1.82, 2.24) is 9.88 Å². The number of anilines is 1. The zero-order valence-corrected chi connectivity index (χ0v) is 13.4. The number of aryl methyl sites for hydroxylation is 2. The summed E-state index contributed by atoms with van der Waals surface area (Å²) in [5.74, 6) is 0. The lowest BCUT2D eigenvalue weighted by Crippen LogP contribution is -2.35. The molecule has 0 saturated carbocycles. The zero-order valence-electron chi connectivity index (χ0n) is 12.6. The van der Waals surface area contributed by atoms with Gasteiger partial charge in [-0.2, -0.15) is 0 Å². The van der Waals surface area contributed by atoms with Crippen LogP contribution in [-0.2, 0) is 0 Å². The summed E-state index contributed by atoms with van der Waals surface area (Å²) in [7, 11) is 0. The minimum Gasteiger partial charge on any atom is -0.389 e. The number of pyridine rings is 1. The standard InChI is InChI=1S/C15H24N4S/c1-4-19-7-5-6-12(19)9-17-13-8-10(2)18-11(3)14(13)15(16)20/h8,12H,4-7,9H2,1-3H3,(H2,16,20)(H,17,18). The van der Waals surface area contributed by atoms with Crippen LogP contribution in [0.25, 0.3) is 0 Å². The molecule has 1 aliphatic rings. The predicted octanol–water partition coefficient (Wildman–Crippen LogP) is 2.23. The molecule has 0 amide bonds. The molecule has 1 unspecified atom stereocenters. The molecular weight excluding hydrogens is 268 g/mol. The molecule has 0 radical (unpaired) electrons. The summed E-state index contributed by atoms with van der Waals surface area (Å²) in [6.07, 6.45) is 2.54. The van der Waals surface area contributed by atoms with E-state index in [4.69, 9.17) is 18.0 Å². The average molecular weight is 292 g/mol. The van der Waals surface area contributed by atoms with E-state index < -0.39 is 0 Å². The number of likely N-dealkylation sites (N-methyl/N-ethyl adjacent to an activating group) is 1. The highest BCUT2D eigenvalue weighted by Gasteiger charge is 2.23. The lowest BCUT2D eigenvalue weighted by Gasteiger charge is -2.24. The van der Waals surface area contributed by atoms with Gasteiger partial charge in [0.1, 0.15) is 4.99 Å². The first-order valence-corrected chi connectivity index (χ1v) is 7.69. The minimum absolute atomic E-state index is 0.413. The Bertz CT molecular complexity index is 501. The van der Waals surface area contributed by atoms with Crippen LogP contribution in [0.3, 0.4) is 0 Å². The summed E-state index contributed by atoms with van der Waals surface area (Å²) in [5, 5.41) is 3.53. The van der Waals surface area contributed by atoms with Crippen molar-refractivity contribution < 1.29 is 0 Å². The summed E-state index contributed by atoms with van der Waals surface area (Å²) in [4.78, 5) is 7.38. The molecule has 0 aliphatic carbocycles. The van der Waals surface area contributed by atoms with Crippen LogP contribution in [-0.4, -0.2) is 40.5 Å². The van der Waals surface area contributed by atoms with Crippen molar-refractivity contribution in [3.8, 4) is 0 Å². The number of hydrogen-bond donors (Lipinski definition) is 2. The van der Waals surface area contributed by atoms with Gasteiger partial charge in [0.15, 0.2) is 0 Å². The highest BCUT2D eigenvalue weighted by molar-refractivity contribution is 7.80. The van der Waals surface area contributed by atoms with Crippen molar-refractivity contribution in [1.29, 1.82) is 0 Å². The normalized spacial score (nSPS) is 19.2. The third kappa shape index (κ3) is 3.27. The molecule has 0 aromatic carbocycles. The molecule has 1 aromatic heterocycles. The first-order valence-electron chi connectivity index (χ1n) is 7.29. The second-order valence-corrected chi connectivity index (χ2v) is 5.88. The lowest BCUT2D eigenvalue weighted by atomic mass is 10.1. The van der Waals surface area contributed by atoms with Gasteiger partial charge in [0.25, 0.3) is 0 Å². The van der Waals surface area contributed by atoms with Crippen LogP contribution in [0.1, 0.15) is 36.7 Å². The SMILES string of the molecule is CCN1CCCC1CNc1cc(C)nc(C)c1C(N)=S. The fourth-order valence-electron chi connectivity index (χ4n) is 3.05. The first-order chi connectivity index (χ1) is 9.52. The predicted molar refractivity (Wildman–Crippen MR) is 88.4 cm³/mol. The Labute approximate surface area is 126 Å². The molecule has 1 atom stereocenters. The number of hydrogen-bond acceptors (Lipinski definition) is 4. The van der Waals surface area contributed by atoms with Gasteiger partial charge in [0.2, 0.25) is 0 Å². The topological polar surface area (TPSA) is 54.2 Å². The fourth-order valence-corrected chi connectivity index (χ4v) is 3.31. The lowest BCUT2D eigenvalue weighted by molar-refractivity contribution is 0.277. The number of thiocarbonyl (C=S) groups is 1. The van der Waals surface area contributed by atoms with Crippen LogP contribution in [0, 0.1) is 13.8 Å². The van der Waals surface area contributed by atoms with Gasteiger partial charge >= 0.3 is 0 Å². The van der Waals surface area contributed by atoms with Crippen LogP contribution >= 0.6 is 12.2 Å². The summed E-state index contributed by atoms with van der Waals surface area (Å²) in [6, 6.07) is 2.64. The molecule has 110 valence electrons. The third-order valence-corrected chi connectivity index (χ3v) is 4.21. The maximum Gasteiger partial charge on any atom is 0.107 e. The maximum atomic E-state index is 5.84. The Morgan fingerprint density at radius 1 is 1.55 bits per heavy atom. The highest BCUT2D eigenvalue weighted by atomic mass is 32.1. The molecular formula is C15H24N4S. The van der Waals surface area contributed by atoms with Crippen molar-refractivity contribution in [2.24, 2.45) is 5.73 Å². The van der Waals surface area contributed by atoms with E-state index in [0.29, 0.717) is 11.0 Å². The number of rotatable bonds is 5. The van der Waals surface area contributed by atoms with Gasteiger partial charge in [-0.15, -0.1) is 0 Å². The number of nitrogens with two attached hydrogens (primary N) is 1. The van der Waals surface area contributed by atoms with Crippen LogP contribution in [0.15, 0.2) is 6.07 Å². The summed E-state index contributed by atoms with van der Waals surface area (Å²) >= 11 is 5.16. The zero-order chi connectivity index (χ0) is 14.7. The highest BCUT2D eigenvalue weighted by Crippen LogP contribution is 2.22. The van der Waals surface area contributed by atoms with Gasteiger partial charge in [-0.3, -0.25) is 9.88 Å². The van der Waals surface area contributed by atoms with Crippen LogP contribution < -0.4 is 11.1 Å². The molecule has 1 fully saturated rings. The molecule has 3 N–H and O–H groups in total. The van der Waals surface area contributed by atoms with Crippen LogP contribution in [0.2, 0.25) is 0 Å². The molecule has 1 saturated heterocycles. The molecule has 0 bridgehead atoms. The molecule has 1 aliphatic heterocycles. The van der Waals surface area contributed by atoms with Gasteiger partial charge in [-0.25, -0.2) is 0 Å². The summed E-state index contributed by atoms with van der Waals surface area (Å²) in [6.45, 7) is 9.43. The Morgan fingerprint density at radius 2 is 2.30 bits per heavy atom. The first kappa shape index (κ1) is 15.2. The Kier molecular flexibility index (Phi) is 4.94. The molecule has 5 heteroatoms. The van der Waals surface area contributed by atoms with Gasteiger partial charge in [-0.1, -0.05) is 19.1 Å². The second-order valence-electron chi connectivity index (χ2n) is 5.44. The smallest absolute Gasteiger partial charge is 0.107 e. The largest absolute Gasteiger partial charge is 0.389 e. The van der Waals surface area contributed by atoms with Gasteiger partial charge in [0, 0.05) is 29.7 Å².